The number of benzene rings is 2. The fourth-order valence-corrected chi connectivity index (χ4v) is 5.89. The number of aryl methyl sites for hydroxylation is 1. The highest BCUT2D eigenvalue weighted by Gasteiger charge is 2.28. The summed E-state index contributed by atoms with van der Waals surface area (Å²) in [6.07, 6.45) is 16.6. The van der Waals surface area contributed by atoms with Crippen molar-refractivity contribution in [3.05, 3.63) is 161 Å². The molecule has 0 saturated heterocycles. The van der Waals surface area contributed by atoms with Crippen molar-refractivity contribution in [2.75, 3.05) is 4.90 Å². The third kappa shape index (κ3) is 4.10. The van der Waals surface area contributed by atoms with Gasteiger partial charge in [-0.25, -0.2) is 9.97 Å². The predicted octanol–water partition coefficient (Wildman–Crippen LogP) is 8.93. The summed E-state index contributed by atoms with van der Waals surface area (Å²) in [6.45, 7) is 2.21. The normalized spacial score (nSPS) is 17.5. The number of anilines is 3. The standard InChI is InChI=1S/C36H27N3/c1-25-10-8-15-32-31-14-9-13-29(30-12-3-2-11-27(36(25)32)24-33(30)31)26-18-20-28(21-19-26)39(34-16-4-6-22-37-34)35-17-5-7-23-38-35/h2-11,13,15-23H,12,24H2,1H3/b3-2-,27-11+. The van der Waals surface area contributed by atoms with Crippen LogP contribution in [0, 0.1) is 6.92 Å². The quantitative estimate of drug-likeness (QED) is 0.261. The van der Waals surface area contributed by atoms with Crippen LogP contribution in [0.4, 0.5) is 17.3 Å². The van der Waals surface area contributed by atoms with E-state index in [0.29, 0.717) is 0 Å². The fraction of sp³-hybridized carbons (Fsp3) is 0.0833. The van der Waals surface area contributed by atoms with E-state index in [0.717, 1.165) is 30.2 Å². The number of fused-ring (bicyclic) bond motifs is 4. The summed E-state index contributed by atoms with van der Waals surface area (Å²) in [5, 5.41) is 0. The van der Waals surface area contributed by atoms with E-state index in [1.165, 1.54) is 50.1 Å². The SMILES string of the molecule is Cc1cccc2c1/C1=C/C=C\CC3=C(C1)C2=C=CC=C3c1ccc(N(c2ccccn2)c2ccccn2)cc1. The average Bonchev–Trinajstić information content (AvgIpc) is 3.14. The lowest BCUT2D eigenvalue weighted by Gasteiger charge is -2.29. The van der Waals surface area contributed by atoms with E-state index in [9.17, 15) is 0 Å². The first kappa shape index (κ1) is 23.2. The van der Waals surface area contributed by atoms with Crippen molar-refractivity contribution in [3.63, 3.8) is 0 Å². The summed E-state index contributed by atoms with van der Waals surface area (Å²) in [5.41, 5.74) is 16.5. The zero-order valence-corrected chi connectivity index (χ0v) is 21.8. The molecule has 39 heavy (non-hydrogen) atoms. The molecule has 0 spiro atoms. The molecule has 3 nitrogen and oxygen atoms in total. The number of nitrogens with zero attached hydrogens (tertiary/aromatic N) is 3. The second-order valence-corrected chi connectivity index (χ2v) is 9.98. The van der Waals surface area contributed by atoms with E-state index < -0.39 is 0 Å². The van der Waals surface area contributed by atoms with E-state index in [-0.39, 0.29) is 0 Å². The Labute approximate surface area is 229 Å². The number of pyridine rings is 2. The van der Waals surface area contributed by atoms with Crippen molar-refractivity contribution in [1.29, 1.82) is 0 Å². The van der Waals surface area contributed by atoms with E-state index in [1.54, 1.807) is 0 Å². The van der Waals surface area contributed by atoms with Crippen LogP contribution in [0.5, 0.6) is 0 Å². The summed E-state index contributed by atoms with van der Waals surface area (Å²) in [6, 6.07) is 27.3. The number of allylic oxidation sites excluding steroid dienone is 9. The van der Waals surface area contributed by atoms with Crippen LogP contribution in [-0.4, -0.2) is 9.97 Å². The van der Waals surface area contributed by atoms with Crippen LogP contribution in [0.15, 0.2) is 139 Å². The Kier molecular flexibility index (Phi) is 5.77. The molecule has 0 atom stereocenters. The van der Waals surface area contributed by atoms with Crippen molar-refractivity contribution in [3.8, 4) is 0 Å². The van der Waals surface area contributed by atoms with Crippen LogP contribution in [0.1, 0.15) is 35.1 Å². The first-order valence-electron chi connectivity index (χ1n) is 13.4. The third-order valence-corrected chi connectivity index (χ3v) is 7.65. The highest BCUT2D eigenvalue weighted by molar-refractivity contribution is 5.99. The van der Waals surface area contributed by atoms with Gasteiger partial charge in [0.05, 0.1) is 0 Å². The summed E-state index contributed by atoms with van der Waals surface area (Å²) < 4.78 is 0. The van der Waals surface area contributed by atoms with Crippen LogP contribution in [-0.2, 0) is 0 Å². The smallest absolute Gasteiger partial charge is 0.138 e. The summed E-state index contributed by atoms with van der Waals surface area (Å²) in [5.74, 6) is 1.67. The fourth-order valence-electron chi connectivity index (χ4n) is 5.89. The van der Waals surface area contributed by atoms with Crippen molar-refractivity contribution in [1.82, 2.24) is 9.97 Å². The number of aromatic nitrogens is 2. The molecule has 0 fully saturated rings. The topological polar surface area (TPSA) is 29.0 Å². The van der Waals surface area contributed by atoms with Crippen LogP contribution in [0.3, 0.4) is 0 Å². The second kappa shape index (κ2) is 9.72. The lowest BCUT2D eigenvalue weighted by molar-refractivity contribution is 1.12. The molecule has 0 aliphatic heterocycles. The lowest BCUT2D eigenvalue weighted by Crippen LogP contribution is -2.12. The molecule has 0 amide bonds. The van der Waals surface area contributed by atoms with Gasteiger partial charge in [0.25, 0.3) is 0 Å². The largest absolute Gasteiger partial charge is 0.279 e. The zero-order chi connectivity index (χ0) is 26.2. The molecule has 0 radical (unpaired) electrons. The number of rotatable bonds is 4. The van der Waals surface area contributed by atoms with Gasteiger partial charge in [0, 0.05) is 23.7 Å². The first-order valence-corrected chi connectivity index (χ1v) is 13.4. The second-order valence-electron chi connectivity index (χ2n) is 9.98. The van der Waals surface area contributed by atoms with Crippen LogP contribution in [0.2, 0.25) is 0 Å². The maximum Gasteiger partial charge on any atom is 0.138 e. The summed E-state index contributed by atoms with van der Waals surface area (Å²) in [4.78, 5) is 11.3. The van der Waals surface area contributed by atoms with E-state index in [2.05, 4.69) is 100 Å². The van der Waals surface area contributed by atoms with E-state index >= 15 is 0 Å². The van der Waals surface area contributed by atoms with E-state index in [1.807, 2.05) is 48.8 Å². The molecule has 186 valence electrons. The van der Waals surface area contributed by atoms with Gasteiger partial charge in [-0.15, -0.1) is 5.73 Å². The number of hydrogen-bond acceptors (Lipinski definition) is 3. The Morgan fingerprint density at radius 2 is 1.54 bits per heavy atom. The minimum atomic E-state index is 0.833. The van der Waals surface area contributed by atoms with Gasteiger partial charge in [-0.2, -0.15) is 0 Å². The minimum Gasteiger partial charge on any atom is -0.279 e. The zero-order valence-electron chi connectivity index (χ0n) is 21.8. The van der Waals surface area contributed by atoms with Crippen molar-refractivity contribution >= 4 is 34.0 Å². The van der Waals surface area contributed by atoms with Gasteiger partial charge < -0.3 is 0 Å². The molecular weight excluding hydrogens is 474 g/mol. The first-order chi connectivity index (χ1) is 19.3. The third-order valence-electron chi connectivity index (χ3n) is 7.65. The Morgan fingerprint density at radius 3 is 2.26 bits per heavy atom. The molecule has 0 unspecified atom stereocenters. The molecule has 7 rings (SSSR count). The highest BCUT2D eigenvalue weighted by atomic mass is 15.2. The van der Waals surface area contributed by atoms with Crippen LogP contribution in [0.25, 0.3) is 16.7 Å². The Balaban J connectivity index is 1.31. The lowest BCUT2D eigenvalue weighted by atomic mass is 9.75. The Morgan fingerprint density at radius 1 is 0.769 bits per heavy atom. The molecule has 4 aromatic rings. The van der Waals surface area contributed by atoms with Crippen molar-refractivity contribution in [2.45, 2.75) is 19.8 Å². The molecule has 3 aliphatic rings. The van der Waals surface area contributed by atoms with E-state index in [4.69, 9.17) is 0 Å². The van der Waals surface area contributed by atoms with Gasteiger partial charge in [0.15, 0.2) is 0 Å². The van der Waals surface area contributed by atoms with Crippen LogP contribution >= 0.6 is 0 Å². The maximum atomic E-state index is 4.61. The van der Waals surface area contributed by atoms with Gasteiger partial charge in [0.2, 0.25) is 0 Å². The van der Waals surface area contributed by atoms with Gasteiger partial charge in [-0.1, -0.05) is 60.7 Å². The molecule has 0 N–H and O–H groups in total. The van der Waals surface area contributed by atoms with Crippen LogP contribution < -0.4 is 4.90 Å². The van der Waals surface area contributed by atoms with Gasteiger partial charge in [0.1, 0.15) is 11.6 Å². The molecular formula is C36H27N3. The number of hydrogen-bond donors (Lipinski definition) is 0. The molecule has 2 bridgehead atoms. The van der Waals surface area contributed by atoms with Gasteiger partial charge >= 0.3 is 0 Å². The summed E-state index contributed by atoms with van der Waals surface area (Å²) >= 11 is 0. The minimum absolute atomic E-state index is 0.833. The molecule has 2 aromatic carbocycles. The van der Waals surface area contributed by atoms with Crippen molar-refractivity contribution < 1.29 is 0 Å². The highest BCUT2D eigenvalue weighted by Crippen LogP contribution is 2.48. The van der Waals surface area contributed by atoms with Gasteiger partial charge in [-0.05, 0) is 113 Å². The monoisotopic (exact) mass is 501 g/mol. The van der Waals surface area contributed by atoms with Gasteiger partial charge in [-0.3, -0.25) is 4.90 Å². The average molecular weight is 502 g/mol. The molecule has 3 heteroatoms. The molecule has 2 heterocycles. The Hall–Kier alpha value is -4.98. The maximum absolute atomic E-state index is 4.61. The molecule has 0 saturated carbocycles. The Bertz CT molecular complexity index is 1720. The van der Waals surface area contributed by atoms with Crippen molar-refractivity contribution in [2.24, 2.45) is 0 Å². The molecule has 2 aromatic heterocycles. The summed E-state index contributed by atoms with van der Waals surface area (Å²) in [7, 11) is 0. The molecule has 3 aliphatic carbocycles. The predicted molar refractivity (Wildman–Crippen MR) is 161 cm³/mol.